The number of primary amides is 1. The van der Waals surface area contributed by atoms with Crippen LogP contribution in [-0.2, 0) is 10.2 Å². The van der Waals surface area contributed by atoms with Gasteiger partial charge >= 0.3 is 6.61 Å². The molecular weight excluding hydrogens is 476 g/mol. The van der Waals surface area contributed by atoms with Gasteiger partial charge in [-0.1, -0.05) is 24.3 Å². The summed E-state index contributed by atoms with van der Waals surface area (Å²) in [5.74, 6) is 0.0327. The fourth-order valence-corrected chi connectivity index (χ4v) is 4.95. The quantitative estimate of drug-likeness (QED) is 0.472. The van der Waals surface area contributed by atoms with E-state index in [4.69, 9.17) is 15.2 Å². The van der Waals surface area contributed by atoms with Crippen molar-refractivity contribution in [2.45, 2.75) is 32.0 Å². The Morgan fingerprint density at radius 3 is 2.63 bits per heavy atom. The Bertz CT molecular complexity index is 1130. The van der Waals surface area contributed by atoms with Gasteiger partial charge in [-0.15, -0.1) is 11.3 Å². The minimum atomic E-state index is -2.96. The maximum Gasteiger partial charge on any atom is 0.387 e. The van der Waals surface area contributed by atoms with Crippen LogP contribution < -0.4 is 15.2 Å². The minimum absolute atomic E-state index is 0.0384. The van der Waals surface area contributed by atoms with Crippen molar-refractivity contribution in [2.24, 2.45) is 5.73 Å². The third-order valence-electron chi connectivity index (χ3n) is 5.24. The molecule has 1 aliphatic heterocycles. The van der Waals surface area contributed by atoms with Crippen molar-refractivity contribution in [3.8, 4) is 22.6 Å². The van der Waals surface area contributed by atoms with Gasteiger partial charge in [-0.05, 0) is 65.2 Å². The van der Waals surface area contributed by atoms with E-state index in [1.165, 1.54) is 17.4 Å². The van der Waals surface area contributed by atoms with Crippen LogP contribution in [0.15, 0.2) is 52.3 Å². The highest BCUT2D eigenvalue weighted by Gasteiger charge is 2.34. The number of hydrogen-bond acceptors (Lipinski definition) is 4. The lowest BCUT2D eigenvalue weighted by atomic mass is 9.80. The number of halogens is 3. The average Bonchev–Trinajstić information content (AvgIpc) is 3.12. The number of hydrogen-bond donors (Lipinski definition) is 1. The number of thiophene rings is 1. The monoisotopic (exact) mass is 493 g/mol. The molecule has 0 saturated carbocycles. The van der Waals surface area contributed by atoms with Crippen LogP contribution in [0.25, 0.3) is 11.1 Å². The summed E-state index contributed by atoms with van der Waals surface area (Å²) in [6.45, 7) is 0.534. The van der Waals surface area contributed by atoms with Crippen LogP contribution in [0.2, 0.25) is 0 Å². The van der Waals surface area contributed by atoms with Gasteiger partial charge in [0, 0.05) is 5.56 Å². The Labute approximate surface area is 184 Å². The first-order valence-corrected chi connectivity index (χ1v) is 10.7. The van der Waals surface area contributed by atoms with Crippen molar-refractivity contribution in [1.29, 1.82) is 0 Å². The van der Waals surface area contributed by atoms with Crippen LogP contribution >= 0.6 is 27.3 Å². The Morgan fingerprint density at radius 2 is 2.00 bits per heavy atom. The predicted octanol–water partition coefficient (Wildman–Crippen LogP) is 6.02. The molecule has 1 atom stereocenters. The van der Waals surface area contributed by atoms with Crippen LogP contribution in [0.3, 0.4) is 0 Å². The zero-order valence-electron chi connectivity index (χ0n) is 16.1. The lowest BCUT2D eigenvalue weighted by Crippen LogP contribution is -2.35. The van der Waals surface area contributed by atoms with Crippen molar-refractivity contribution in [3.63, 3.8) is 0 Å². The molecule has 0 radical (unpaired) electrons. The highest BCUT2D eigenvalue weighted by atomic mass is 79.9. The predicted molar refractivity (Wildman–Crippen MR) is 115 cm³/mol. The van der Waals surface area contributed by atoms with Gasteiger partial charge in [0.25, 0.3) is 0 Å². The first kappa shape index (κ1) is 20.8. The third-order valence-corrected chi connectivity index (χ3v) is 6.91. The lowest BCUT2D eigenvalue weighted by molar-refractivity contribution is -0.122. The van der Waals surface area contributed by atoms with Crippen molar-refractivity contribution >= 4 is 33.2 Å². The van der Waals surface area contributed by atoms with Crippen molar-refractivity contribution in [3.05, 3.63) is 68.3 Å². The molecule has 0 spiro atoms. The van der Waals surface area contributed by atoms with Gasteiger partial charge in [-0.25, -0.2) is 0 Å². The SMILES string of the molecule is CC(C)(C(N)=O)c1ccc2c(c1)C(c1ccc(Br)s1)Oc1cccc(OC(F)F)c1-2. The molecule has 0 saturated heterocycles. The van der Waals surface area contributed by atoms with Gasteiger partial charge in [-0.3, -0.25) is 4.79 Å². The highest BCUT2D eigenvalue weighted by Crippen LogP contribution is 2.51. The molecule has 3 aromatic rings. The molecule has 30 heavy (non-hydrogen) atoms. The molecule has 156 valence electrons. The maximum absolute atomic E-state index is 13.0. The average molecular weight is 494 g/mol. The number of amides is 1. The topological polar surface area (TPSA) is 61.6 Å². The van der Waals surface area contributed by atoms with Crippen LogP contribution in [0, 0.1) is 0 Å². The Balaban J connectivity index is 1.94. The Hall–Kier alpha value is -2.45. The van der Waals surface area contributed by atoms with Crippen molar-refractivity contribution in [2.75, 3.05) is 0 Å². The molecule has 2 heterocycles. The second-order valence-electron chi connectivity index (χ2n) is 7.44. The van der Waals surface area contributed by atoms with E-state index in [2.05, 4.69) is 15.9 Å². The Kier molecular flexibility index (Phi) is 5.32. The number of fused-ring (bicyclic) bond motifs is 3. The fraction of sp³-hybridized carbons (Fsp3) is 0.227. The molecule has 4 rings (SSSR count). The molecule has 4 nitrogen and oxygen atoms in total. The number of ether oxygens (including phenoxy) is 2. The molecule has 8 heteroatoms. The molecule has 2 aromatic carbocycles. The van der Waals surface area contributed by atoms with E-state index in [1.54, 1.807) is 32.0 Å². The number of carbonyl (C=O) groups excluding carboxylic acids is 1. The molecule has 0 aliphatic carbocycles. The van der Waals surface area contributed by atoms with E-state index >= 15 is 0 Å². The van der Waals surface area contributed by atoms with Crippen LogP contribution in [0.1, 0.15) is 36.0 Å². The largest absolute Gasteiger partial charge is 0.479 e. The van der Waals surface area contributed by atoms with Crippen molar-refractivity contribution in [1.82, 2.24) is 0 Å². The number of rotatable bonds is 5. The van der Waals surface area contributed by atoms with Crippen LogP contribution in [0.4, 0.5) is 8.78 Å². The van der Waals surface area contributed by atoms with Gasteiger partial charge in [0.05, 0.1) is 19.6 Å². The van der Waals surface area contributed by atoms with Crippen LogP contribution in [0.5, 0.6) is 11.5 Å². The van der Waals surface area contributed by atoms with Crippen molar-refractivity contribution < 1.29 is 23.0 Å². The lowest BCUT2D eigenvalue weighted by Gasteiger charge is -2.31. The third kappa shape index (κ3) is 3.58. The summed E-state index contributed by atoms with van der Waals surface area (Å²) in [6, 6.07) is 14.2. The molecule has 1 unspecified atom stereocenters. The van der Waals surface area contributed by atoms with E-state index in [9.17, 15) is 13.6 Å². The first-order chi connectivity index (χ1) is 14.2. The summed E-state index contributed by atoms with van der Waals surface area (Å²) in [7, 11) is 0. The van der Waals surface area contributed by atoms with Gasteiger partial charge in [0.1, 0.15) is 11.5 Å². The van der Waals surface area contributed by atoms with Gasteiger partial charge in [0.15, 0.2) is 6.10 Å². The maximum atomic E-state index is 13.0. The van der Waals surface area contributed by atoms with E-state index in [0.717, 1.165) is 14.2 Å². The molecular formula is C22H18BrF2NO3S. The highest BCUT2D eigenvalue weighted by molar-refractivity contribution is 9.11. The smallest absolute Gasteiger partial charge is 0.387 e. The summed E-state index contributed by atoms with van der Waals surface area (Å²) in [5.41, 5.74) is 7.35. The Morgan fingerprint density at radius 1 is 1.23 bits per heavy atom. The zero-order chi connectivity index (χ0) is 21.6. The zero-order valence-corrected chi connectivity index (χ0v) is 18.5. The van der Waals surface area contributed by atoms with E-state index < -0.39 is 24.0 Å². The number of alkyl halides is 2. The van der Waals surface area contributed by atoms with E-state index in [-0.39, 0.29) is 5.75 Å². The van der Waals surface area contributed by atoms with Crippen LogP contribution in [-0.4, -0.2) is 12.5 Å². The first-order valence-electron chi connectivity index (χ1n) is 9.13. The van der Waals surface area contributed by atoms with E-state index in [1.807, 2.05) is 24.3 Å². The standard InChI is InChI=1S/C22H18BrF2NO3S/c1-22(2,20(26)27)11-6-7-12-13(10-11)19(16-8-9-17(23)30-16)28-14-4-3-5-15(18(12)14)29-21(24)25/h3-10,19,21H,1-2H3,(H2,26,27). The summed E-state index contributed by atoms with van der Waals surface area (Å²) in [5, 5.41) is 0. The molecule has 0 fully saturated rings. The molecule has 1 amide bonds. The summed E-state index contributed by atoms with van der Waals surface area (Å²) >= 11 is 4.99. The second kappa shape index (κ2) is 7.67. The van der Waals surface area contributed by atoms with Gasteiger partial charge in [0.2, 0.25) is 5.91 Å². The summed E-state index contributed by atoms with van der Waals surface area (Å²) in [6.07, 6.45) is -0.464. The normalized spacial score (nSPS) is 15.3. The summed E-state index contributed by atoms with van der Waals surface area (Å²) < 4.78 is 38.0. The number of carbonyl (C=O) groups is 1. The van der Waals surface area contributed by atoms with Gasteiger partial charge < -0.3 is 15.2 Å². The fourth-order valence-electron chi connectivity index (χ4n) is 3.48. The number of nitrogens with two attached hydrogens (primary N) is 1. The number of benzene rings is 2. The van der Waals surface area contributed by atoms with E-state index in [0.29, 0.717) is 22.4 Å². The molecule has 0 bridgehead atoms. The molecule has 1 aromatic heterocycles. The summed E-state index contributed by atoms with van der Waals surface area (Å²) in [4.78, 5) is 12.9. The molecule has 2 N–H and O–H groups in total. The second-order valence-corrected chi connectivity index (χ2v) is 9.93. The minimum Gasteiger partial charge on any atom is -0.479 e. The van der Waals surface area contributed by atoms with Gasteiger partial charge in [-0.2, -0.15) is 8.78 Å². The molecule has 1 aliphatic rings.